The molecular formula is C8H9F3O3. The fourth-order valence-corrected chi connectivity index (χ4v) is 1.57. The van der Waals surface area contributed by atoms with Gasteiger partial charge in [0.25, 0.3) is 0 Å². The number of carbonyl (C=O) groups excluding carboxylic acids is 1. The van der Waals surface area contributed by atoms with Crippen LogP contribution >= 0.6 is 0 Å². The molecular weight excluding hydrogens is 201 g/mol. The Morgan fingerprint density at radius 1 is 1.29 bits per heavy atom. The average molecular weight is 210 g/mol. The fourth-order valence-electron chi connectivity index (χ4n) is 1.57. The molecule has 0 aliphatic heterocycles. The number of halogens is 3. The van der Waals surface area contributed by atoms with Gasteiger partial charge in [0.2, 0.25) is 0 Å². The van der Waals surface area contributed by atoms with Crippen LogP contribution in [0.15, 0.2) is 0 Å². The Bertz CT molecular complexity index is 259. The van der Waals surface area contributed by atoms with Crippen molar-refractivity contribution in [1.29, 1.82) is 0 Å². The molecule has 3 nitrogen and oxygen atoms in total. The first-order valence-corrected chi connectivity index (χ1v) is 4.11. The van der Waals surface area contributed by atoms with Crippen LogP contribution in [-0.2, 0) is 9.59 Å². The third-order valence-corrected chi connectivity index (χ3v) is 2.61. The van der Waals surface area contributed by atoms with Crippen LogP contribution in [0.25, 0.3) is 0 Å². The SMILES string of the molecule is O=C1CCC(C(=O)O)(C(F)(F)F)CC1. The van der Waals surface area contributed by atoms with Crippen molar-refractivity contribution in [1.82, 2.24) is 0 Å². The van der Waals surface area contributed by atoms with Crippen LogP contribution in [-0.4, -0.2) is 23.0 Å². The van der Waals surface area contributed by atoms with Crippen LogP contribution in [0.1, 0.15) is 25.7 Å². The first kappa shape index (κ1) is 11.0. The quantitative estimate of drug-likeness (QED) is 0.717. The van der Waals surface area contributed by atoms with E-state index < -0.39 is 30.4 Å². The van der Waals surface area contributed by atoms with Gasteiger partial charge in [-0.15, -0.1) is 0 Å². The molecule has 0 bridgehead atoms. The average Bonchev–Trinajstić information content (AvgIpc) is 2.02. The number of hydrogen-bond donors (Lipinski definition) is 1. The lowest BCUT2D eigenvalue weighted by Gasteiger charge is -2.34. The molecule has 1 N–H and O–H groups in total. The highest BCUT2D eigenvalue weighted by atomic mass is 19.4. The van der Waals surface area contributed by atoms with Crippen molar-refractivity contribution >= 4 is 11.8 Å². The summed E-state index contributed by atoms with van der Waals surface area (Å²) in [6.45, 7) is 0. The minimum atomic E-state index is -4.78. The molecule has 0 aromatic rings. The summed E-state index contributed by atoms with van der Waals surface area (Å²) >= 11 is 0. The first-order chi connectivity index (χ1) is 6.29. The van der Waals surface area contributed by atoms with Gasteiger partial charge in [-0.1, -0.05) is 0 Å². The summed E-state index contributed by atoms with van der Waals surface area (Å²) in [6.07, 6.45) is -6.65. The van der Waals surface area contributed by atoms with Crippen molar-refractivity contribution < 1.29 is 27.9 Å². The molecule has 1 aliphatic rings. The third-order valence-electron chi connectivity index (χ3n) is 2.61. The summed E-state index contributed by atoms with van der Waals surface area (Å²) in [5.41, 5.74) is -2.71. The maximum atomic E-state index is 12.5. The molecule has 0 unspecified atom stereocenters. The number of Topliss-reactive ketones (excluding diaryl/α,β-unsaturated/α-hetero) is 1. The van der Waals surface area contributed by atoms with Crippen LogP contribution in [0.2, 0.25) is 0 Å². The van der Waals surface area contributed by atoms with E-state index in [1.165, 1.54) is 0 Å². The lowest BCUT2D eigenvalue weighted by molar-refractivity contribution is -0.238. The third kappa shape index (κ3) is 1.60. The maximum absolute atomic E-state index is 12.5. The Balaban J connectivity index is 2.96. The number of rotatable bonds is 1. The second-order valence-corrected chi connectivity index (χ2v) is 3.42. The minimum Gasteiger partial charge on any atom is -0.481 e. The summed E-state index contributed by atoms with van der Waals surface area (Å²) in [7, 11) is 0. The molecule has 0 heterocycles. The van der Waals surface area contributed by atoms with Gasteiger partial charge in [0.05, 0.1) is 0 Å². The molecule has 14 heavy (non-hydrogen) atoms. The Morgan fingerprint density at radius 3 is 2.00 bits per heavy atom. The molecule has 6 heteroatoms. The lowest BCUT2D eigenvalue weighted by atomic mass is 9.73. The Labute approximate surface area is 77.9 Å². The zero-order chi connectivity index (χ0) is 11.0. The predicted molar refractivity (Wildman–Crippen MR) is 39.6 cm³/mol. The highest BCUT2D eigenvalue weighted by Gasteiger charge is 2.61. The van der Waals surface area contributed by atoms with Crippen molar-refractivity contribution in [3.05, 3.63) is 0 Å². The molecule has 1 saturated carbocycles. The van der Waals surface area contributed by atoms with E-state index in [2.05, 4.69) is 0 Å². The van der Waals surface area contributed by atoms with E-state index in [1.54, 1.807) is 0 Å². The summed E-state index contributed by atoms with van der Waals surface area (Å²) in [5, 5.41) is 8.58. The molecule has 80 valence electrons. The Kier molecular flexibility index (Phi) is 2.56. The van der Waals surface area contributed by atoms with Gasteiger partial charge in [-0.05, 0) is 12.8 Å². The van der Waals surface area contributed by atoms with Gasteiger partial charge >= 0.3 is 12.1 Å². The van der Waals surface area contributed by atoms with E-state index in [0.29, 0.717) is 0 Å². The van der Waals surface area contributed by atoms with E-state index in [4.69, 9.17) is 5.11 Å². The second-order valence-electron chi connectivity index (χ2n) is 3.42. The standard InChI is InChI=1S/C8H9F3O3/c9-8(10,11)7(6(13)14)3-1-5(12)2-4-7/h1-4H2,(H,13,14). The summed E-state index contributed by atoms with van der Waals surface area (Å²) < 4.78 is 37.4. The van der Waals surface area contributed by atoms with Crippen LogP contribution in [0.3, 0.4) is 0 Å². The van der Waals surface area contributed by atoms with Crippen molar-refractivity contribution in [3.63, 3.8) is 0 Å². The molecule has 0 aromatic carbocycles. The number of ketones is 1. The normalized spacial score (nSPS) is 22.1. The number of alkyl halides is 3. The van der Waals surface area contributed by atoms with Gasteiger partial charge in [-0.2, -0.15) is 13.2 Å². The van der Waals surface area contributed by atoms with Gasteiger partial charge in [-0.3, -0.25) is 9.59 Å². The topological polar surface area (TPSA) is 54.4 Å². The zero-order valence-electron chi connectivity index (χ0n) is 7.23. The smallest absolute Gasteiger partial charge is 0.404 e. The maximum Gasteiger partial charge on any atom is 0.404 e. The molecule has 0 aromatic heterocycles. The summed E-state index contributed by atoms with van der Waals surface area (Å²) in [4.78, 5) is 21.3. The number of carbonyl (C=O) groups is 2. The number of aliphatic carboxylic acids is 1. The van der Waals surface area contributed by atoms with Crippen LogP contribution in [0.4, 0.5) is 13.2 Å². The largest absolute Gasteiger partial charge is 0.481 e. The molecule has 0 atom stereocenters. The zero-order valence-corrected chi connectivity index (χ0v) is 7.23. The van der Waals surface area contributed by atoms with Crippen molar-refractivity contribution in [3.8, 4) is 0 Å². The summed E-state index contributed by atoms with van der Waals surface area (Å²) in [6, 6.07) is 0. The molecule has 0 amide bonds. The molecule has 1 aliphatic carbocycles. The van der Waals surface area contributed by atoms with Crippen molar-refractivity contribution in [2.24, 2.45) is 5.41 Å². The van der Waals surface area contributed by atoms with E-state index in [-0.39, 0.29) is 18.6 Å². The van der Waals surface area contributed by atoms with Gasteiger partial charge in [0.15, 0.2) is 5.41 Å². The van der Waals surface area contributed by atoms with E-state index in [1.807, 2.05) is 0 Å². The van der Waals surface area contributed by atoms with Crippen LogP contribution in [0, 0.1) is 5.41 Å². The molecule has 1 rings (SSSR count). The Hall–Kier alpha value is -1.07. The minimum absolute atomic E-state index is 0.300. The predicted octanol–water partition coefficient (Wildman–Crippen LogP) is 1.76. The first-order valence-electron chi connectivity index (χ1n) is 4.11. The highest BCUT2D eigenvalue weighted by Crippen LogP contribution is 2.48. The van der Waals surface area contributed by atoms with E-state index >= 15 is 0 Å². The van der Waals surface area contributed by atoms with Gasteiger partial charge in [0.1, 0.15) is 5.78 Å². The van der Waals surface area contributed by atoms with E-state index in [9.17, 15) is 22.8 Å². The van der Waals surface area contributed by atoms with Gasteiger partial charge < -0.3 is 5.11 Å². The molecule has 0 radical (unpaired) electrons. The second kappa shape index (κ2) is 3.25. The Morgan fingerprint density at radius 2 is 1.71 bits per heavy atom. The number of carboxylic acids is 1. The molecule has 0 spiro atoms. The molecule has 1 fully saturated rings. The van der Waals surface area contributed by atoms with Crippen molar-refractivity contribution in [2.75, 3.05) is 0 Å². The summed E-state index contributed by atoms with van der Waals surface area (Å²) in [5.74, 6) is -2.18. The lowest BCUT2D eigenvalue weighted by Crippen LogP contribution is -2.47. The monoisotopic (exact) mass is 210 g/mol. The highest BCUT2D eigenvalue weighted by molar-refractivity contribution is 5.84. The van der Waals surface area contributed by atoms with E-state index in [0.717, 1.165) is 0 Å². The van der Waals surface area contributed by atoms with Crippen LogP contribution < -0.4 is 0 Å². The molecule has 0 saturated heterocycles. The van der Waals surface area contributed by atoms with Crippen molar-refractivity contribution in [2.45, 2.75) is 31.9 Å². The van der Waals surface area contributed by atoms with Gasteiger partial charge in [0, 0.05) is 12.8 Å². The number of hydrogen-bond acceptors (Lipinski definition) is 2. The van der Waals surface area contributed by atoms with Crippen LogP contribution in [0.5, 0.6) is 0 Å². The fraction of sp³-hybridized carbons (Fsp3) is 0.750. The number of carboxylic acid groups (broad SMARTS) is 1. The van der Waals surface area contributed by atoms with Gasteiger partial charge in [-0.25, -0.2) is 0 Å².